The maximum absolute atomic E-state index is 5.34. The zero-order valence-corrected chi connectivity index (χ0v) is 7.58. The van der Waals surface area contributed by atoms with Crippen molar-refractivity contribution in [2.45, 2.75) is 6.61 Å². The molecule has 0 bridgehead atoms. The fourth-order valence-electron chi connectivity index (χ4n) is 0.892. The summed E-state index contributed by atoms with van der Waals surface area (Å²) in [5, 5.41) is 3.01. The zero-order valence-electron chi connectivity index (χ0n) is 7.58. The molecule has 0 radical (unpaired) electrons. The molecule has 12 heavy (non-hydrogen) atoms. The van der Waals surface area contributed by atoms with Gasteiger partial charge in [-0.3, -0.25) is 0 Å². The predicted molar refractivity (Wildman–Crippen MR) is 46.8 cm³/mol. The van der Waals surface area contributed by atoms with Crippen molar-refractivity contribution in [3.05, 3.63) is 18.2 Å². The smallest absolute Gasteiger partial charge is 0.0947 e. The molecule has 0 atom stereocenters. The lowest BCUT2D eigenvalue weighted by atomic mass is 10.5. The van der Waals surface area contributed by atoms with Gasteiger partial charge in [0.25, 0.3) is 0 Å². The second kappa shape index (κ2) is 4.90. The van der Waals surface area contributed by atoms with E-state index in [-0.39, 0.29) is 0 Å². The Morgan fingerprint density at radius 1 is 1.67 bits per heavy atom. The topological polar surface area (TPSA) is 39.1 Å². The monoisotopic (exact) mass is 169 g/mol. The number of hydrogen-bond donors (Lipinski definition) is 1. The van der Waals surface area contributed by atoms with Crippen molar-refractivity contribution < 1.29 is 4.74 Å². The highest BCUT2D eigenvalue weighted by Gasteiger charge is 1.95. The number of aromatic nitrogens is 2. The van der Waals surface area contributed by atoms with Crippen LogP contribution in [0.1, 0.15) is 5.69 Å². The van der Waals surface area contributed by atoms with Crippen molar-refractivity contribution >= 4 is 0 Å². The number of ether oxygens (including phenoxy) is 1. The van der Waals surface area contributed by atoms with Crippen LogP contribution in [0.3, 0.4) is 0 Å². The molecule has 0 fully saturated rings. The second-order valence-corrected chi connectivity index (χ2v) is 2.69. The van der Waals surface area contributed by atoms with E-state index < -0.39 is 0 Å². The molecule has 0 saturated carbocycles. The highest BCUT2D eigenvalue weighted by atomic mass is 16.5. The molecular formula is C8H15N3O. The van der Waals surface area contributed by atoms with Gasteiger partial charge < -0.3 is 14.6 Å². The molecule has 1 aromatic rings. The number of rotatable bonds is 5. The van der Waals surface area contributed by atoms with E-state index in [0.29, 0.717) is 6.61 Å². The summed E-state index contributed by atoms with van der Waals surface area (Å²) in [6.45, 7) is 2.21. The standard InChI is InChI=1S/C8H15N3O/c1-9-3-4-12-6-8-5-11(2)7-10-8/h5,7,9H,3-4,6H2,1-2H3. The maximum Gasteiger partial charge on any atom is 0.0947 e. The summed E-state index contributed by atoms with van der Waals surface area (Å²) in [5.74, 6) is 0. The lowest BCUT2D eigenvalue weighted by Gasteiger charge is -1.99. The van der Waals surface area contributed by atoms with Gasteiger partial charge in [-0.25, -0.2) is 4.98 Å². The van der Waals surface area contributed by atoms with E-state index in [1.807, 2.05) is 24.9 Å². The Morgan fingerprint density at radius 2 is 2.50 bits per heavy atom. The fourth-order valence-corrected chi connectivity index (χ4v) is 0.892. The van der Waals surface area contributed by atoms with Crippen molar-refractivity contribution in [2.75, 3.05) is 20.2 Å². The van der Waals surface area contributed by atoms with Crippen molar-refractivity contribution in [1.29, 1.82) is 0 Å². The van der Waals surface area contributed by atoms with Crippen LogP contribution in [0.25, 0.3) is 0 Å². The molecule has 0 saturated heterocycles. The minimum atomic E-state index is 0.600. The van der Waals surface area contributed by atoms with E-state index in [2.05, 4.69) is 10.3 Å². The third-order valence-corrected chi connectivity index (χ3v) is 1.50. The van der Waals surface area contributed by atoms with Gasteiger partial charge in [-0.2, -0.15) is 0 Å². The van der Waals surface area contributed by atoms with Crippen LogP contribution in [0.15, 0.2) is 12.5 Å². The molecular weight excluding hydrogens is 154 g/mol. The highest BCUT2D eigenvalue weighted by molar-refractivity contribution is 4.93. The lowest BCUT2D eigenvalue weighted by Crippen LogP contribution is -2.14. The largest absolute Gasteiger partial charge is 0.374 e. The van der Waals surface area contributed by atoms with Crippen LogP contribution < -0.4 is 5.32 Å². The second-order valence-electron chi connectivity index (χ2n) is 2.69. The molecule has 4 nitrogen and oxygen atoms in total. The molecule has 0 spiro atoms. The Balaban J connectivity index is 2.15. The number of hydrogen-bond acceptors (Lipinski definition) is 3. The highest BCUT2D eigenvalue weighted by Crippen LogP contribution is 1.95. The number of nitrogens with zero attached hydrogens (tertiary/aromatic N) is 2. The van der Waals surface area contributed by atoms with Crippen LogP contribution >= 0.6 is 0 Å². The van der Waals surface area contributed by atoms with Gasteiger partial charge >= 0.3 is 0 Å². The van der Waals surface area contributed by atoms with Gasteiger partial charge in [0.15, 0.2) is 0 Å². The Hall–Kier alpha value is -0.870. The lowest BCUT2D eigenvalue weighted by molar-refractivity contribution is 0.121. The molecule has 0 unspecified atom stereocenters. The van der Waals surface area contributed by atoms with Gasteiger partial charge in [0.05, 0.1) is 25.2 Å². The van der Waals surface area contributed by atoms with E-state index in [1.165, 1.54) is 0 Å². The van der Waals surface area contributed by atoms with Gasteiger partial charge in [0, 0.05) is 19.8 Å². The first-order valence-corrected chi connectivity index (χ1v) is 4.02. The van der Waals surface area contributed by atoms with E-state index in [0.717, 1.165) is 18.8 Å². The van der Waals surface area contributed by atoms with E-state index in [9.17, 15) is 0 Å². The summed E-state index contributed by atoms with van der Waals surface area (Å²) in [4.78, 5) is 4.13. The average Bonchev–Trinajstić information content (AvgIpc) is 2.45. The van der Waals surface area contributed by atoms with Crippen LogP contribution in [0, 0.1) is 0 Å². The van der Waals surface area contributed by atoms with Crippen molar-refractivity contribution in [1.82, 2.24) is 14.9 Å². The molecule has 1 aromatic heterocycles. The Morgan fingerprint density at radius 3 is 3.08 bits per heavy atom. The van der Waals surface area contributed by atoms with Crippen LogP contribution in [-0.4, -0.2) is 29.8 Å². The molecule has 0 aromatic carbocycles. The molecule has 68 valence electrons. The minimum Gasteiger partial charge on any atom is -0.374 e. The Labute approximate surface area is 72.6 Å². The first-order valence-electron chi connectivity index (χ1n) is 4.02. The quantitative estimate of drug-likeness (QED) is 0.638. The van der Waals surface area contributed by atoms with E-state index in [1.54, 1.807) is 6.33 Å². The van der Waals surface area contributed by atoms with Gasteiger partial charge in [0.2, 0.25) is 0 Å². The molecule has 0 aliphatic heterocycles. The molecule has 0 aliphatic carbocycles. The Bertz CT molecular complexity index is 222. The Kier molecular flexibility index (Phi) is 3.76. The van der Waals surface area contributed by atoms with Gasteiger partial charge in [-0.1, -0.05) is 0 Å². The summed E-state index contributed by atoms with van der Waals surface area (Å²) in [6, 6.07) is 0. The number of nitrogens with one attached hydrogen (secondary N) is 1. The summed E-state index contributed by atoms with van der Waals surface area (Å²) < 4.78 is 7.25. The molecule has 0 amide bonds. The first kappa shape index (κ1) is 9.22. The minimum absolute atomic E-state index is 0.600. The molecule has 1 rings (SSSR count). The number of likely N-dealkylation sites (N-methyl/N-ethyl adjacent to an activating group) is 1. The van der Waals surface area contributed by atoms with Crippen molar-refractivity contribution in [3.63, 3.8) is 0 Å². The third kappa shape index (κ3) is 3.02. The SMILES string of the molecule is CNCCOCc1cn(C)cn1. The summed E-state index contributed by atoms with van der Waals surface area (Å²) >= 11 is 0. The summed E-state index contributed by atoms with van der Waals surface area (Å²) in [6.07, 6.45) is 3.73. The van der Waals surface area contributed by atoms with Gasteiger partial charge in [0.1, 0.15) is 0 Å². The maximum atomic E-state index is 5.34. The molecule has 4 heteroatoms. The zero-order chi connectivity index (χ0) is 8.81. The molecule has 1 N–H and O–H groups in total. The normalized spacial score (nSPS) is 10.5. The average molecular weight is 169 g/mol. The first-order chi connectivity index (χ1) is 5.83. The summed E-state index contributed by atoms with van der Waals surface area (Å²) in [5.41, 5.74) is 0.980. The van der Waals surface area contributed by atoms with E-state index >= 15 is 0 Å². The van der Waals surface area contributed by atoms with Crippen molar-refractivity contribution in [2.24, 2.45) is 7.05 Å². The van der Waals surface area contributed by atoms with Crippen LogP contribution in [0.4, 0.5) is 0 Å². The number of imidazole rings is 1. The van der Waals surface area contributed by atoms with E-state index in [4.69, 9.17) is 4.74 Å². The van der Waals surface area contributed by atoms with Crippen molar-refractivity contribution in [3.8, 4) is 0 Å². The van der Waals surface area contributed by atoms with Crippen LogP contribution in [0.5, 0.6) is 0 Å². The predicted octanol–water partition coefficient (Wildman–Crippen LogP) is 0.156. The summed E-state index contributed by atoms with van der Waals surface area (Å²) in [7, 11) is 3.86. The van der Waals surface area contributed by atoms with Crippen LogP contribution in [-0.2, 0) is 18.4 Å². The van der Waals surface area contributed by atoms with Gasteiger partial charge in [-0.15, -0.1) is 0 Å². The third-order valence-electron chi connectivity index (χ3n) is 1.50. The van der Waals surface area contributed by atoms with Gasteiger partial charge in [-0.05, 0) is 7.05 Å². The molecule has 1 heterocycles. The fraction of sp³-hybridized carbons (Fsp3) is 0.625. The van der Waals surface area contributed by atoms with Crippen LogP contribution in [0.2, 0.25) is 0 Å². The number of aryl methyl sites for hydroxylation is 1. The molecule has 0 aliphatic rings.